The first-order valence-corrected chi connectivity index (χ1v) is 12.6. The first-order valence-electron chi connectivity index (χ1n) is 10.2. The number of fused-ring (bicyclic) bond motifs is 1. The summed E-state index contributed by atoms with van der Waals surface area (Å²) in [5, 5.41) is 3.72. The second-order valence-corrected chi connectivity index (χ2v) is 9.80. The van der Waals surface area contributed by atoms with Crippen molar-refractivity contribution in [2.24, 2.45) is 0 Å². The van der Waals surface area contributed by atoms with Crippen LogP contribution in [0.1, 0.15) is 47.5 Å². The number of aromatic nitrogens is 2. The quantitative estimate of drug-likeness (QED) is 0.541. The summed E-state index contributed by atoms with van der Waals surface area (Å²) < 4.78 is 29.1. The smallest absolute Gasteiger partial charge is 0.243 e. The zero-order valence-electron chi connectivity index (χ0n) is 17.9. The minimum absolute atomic E-state index is 0.0181. The number of benzene rings is 1. The number of sulfonamides is 1. The second-order valence-electron chi connectivity index (χ2n) is 6.92. The molecule has 1 atom stereocenters. The maximum absolute atomic E-state index is 12.8. The van der Waals surface area contributed by atoms with Gasteiger partial charge in [0.15, 0.2) is 5.16 Å². The van der Waals surface area contributed by atoms with Gasteiger partial charge in [-0.1, -0.05) is 39.0 Å². The van der Waals surface area contributed by atoms with Crippen LogP contribution in [0.25, 0.3) is 11.0 Å². The molecule has 1 aromatic carbocycles. The number of thioether (sulfide) groups is 1. The summed E-state index contributed by atoms with van der Waals surface area (Å²) in [6.45, 7) is 11.3. The number of nitrogens with one attached hydrogen (secondary N) is 1. The van der Waals surface area contributed by atoms with Gasteiger partial charge in [0.2, 0.25) is 15.9 Å². The SMILES string of the molecule is CCC[C@@H](C)NC(=O)CSc1nc2cc(S(=O)(=O)N(CC)CC)ccc2n1CC. The van der Waals surface area contributed by atoms with Gasteiger partial charge in [-0.2, -0.15) is 4.31 Å². The van der Waals surface area contributed by atoms with Gasteiger partial charge in [-0.25, -0.2) is 13.4 Å². The van der Waals surface area contributed by atoms with Crippen molar-refractivity contribution >= 4 is 38.7 Å². The highest BCUT2D eigenvalue weighted by Gasteiger charge is 2.23. The fraction of sp³-hybridized carbons (Fsp3) is 0.600. The van der Waals surface area contributed by atoms with E-state index in [1.807, 2.05) is 32.3 Å². The summed E-state index contributed by atoms with van der Waals surface area (Å²) in [5.41, 5.74) is 1.50. The molecule has 29 heavy (non-hydrogen) atoms. The molecule has 1 aromatic heterocycles. The molecule has 0 saturated carbocycles. The summed E-state index contributed by atoms with van der Waals surface area (Å²) in [5.74, 6) is 0.262. The summed E-state index contributed by atoms with van der Waals surface area (Å²) >= 11 is 1.37. The molecule has 162 valence electrons. The van der Waals surface area contributed by atoms with Crippen molar-refractivity contribution in [3.05, 3.63) is 18.2 Å². The Morgan fingerprint density at radius 3 is 2.52 bits per heavy atom. The van der Waals surface area contributed by atoms with Crippen LogP contribution in [0.15, 0.2) is 28.3 Å². The normalized spacial score (nSPS) is 13.2. The molecule has 1 heterocycles. The van der Waals surface area contributed by atoms with Gasteiger partial charge in [0.25, 0.3) is 0 Å². The van der Waals surface area contributed by atoms with Crippen molar-refractivity contribution in [2.45, 2.75) is 70.1 Å². The van der Waals surface area contributed by atoms with Crippen molar-refractivity contribution < 1.29 is 13.2 Å². The molecule has 2 aromatic rings. The van der Waals surface area contributed by atoms with Crippen molar-refractivity contribution in [1.29, 1.82) is 0 Å². The third-order valence-electron chi connectivity index (χ3n) is 4.81. The molecule has 0 aliphatic heterocycles. The molecule has 1 amide bonds. The van der Waals surface area contributed by atoms with Crippen molar-refractivity contribution in [3.8, 4) is 0 Å². The standard InChI is InChI=1S/C20H32N4O3S2/c1-6-10-15(5)21-19(25)14-28-20-22-17-13-16(11-12-18(17)24(20)9-4)29(26,27)23(7-2)8-3/h11-13,15H,6-10,14H2,1-5H3,(H,21,25)/t15-/m1/s1. The summed E-state index contributed by atoms with van der Waals surface area (Å²) in [6.07, 6.45) is 1.98. The average molecular weight is 441 g/mol. The number of carbonyl (C=O) groups excluding carboxylic acids is 1. The fourth-order valence-corrected chi connectivity index (χ4v) is 5.70. The summed E-state index contributed by atoms with van der Waals surface area (Å²) in [6, 6.07) is 5.22. The topological polar surface area (TPSA) is 84.3 Å². The van der Waals surface area contributed by atoms with Crippen LogP contribution < -0.4 is 5.32 Å². The zero-order valence-corrected chi connectivity index (χ0v) is 19.6. The van der Waals surface area contributed by atoms with Gasteiger partial charge in [-0.15, -0.1) is 0 Å². The highest BCUT2D eigenvalue weighted by atomic mass is 32.2. The fourth-order valence-electron chi connectivity index (χ4n) is 3.33. The molecule has 9 heteroatoms. The molecule has 0 saturated heterocycles. The predicted molar refractivity (Wildman–Crippen MR) is 119 cm³/mol. The highest BCUT2D eigenvalue weighted by Crippen LogP contribution is 2.27. The van der Waals surface area contributed by atoms with Gasteiger partial charge >= 0.3 is 0 Å². The van der Waals surface area contributed by atoms with E-state index >= 15 is 0 Å². The van der Waals surface area contributed by atoms with E-state index in [2.05, 4.69) is 17.2 Å². The Kier molecular flexibility index (Phi) is 8.54. The van der Waals surface area contributed by atoms with Crippen LogP contribution in [0.4, 0.5) is 0 Å². The lowest BCUT2D eigenvalue weighted by molar-refractivity contribution is -0.119. The number of aryl methyl sites for hydroxylation is 1. The van der Waals surface area contributed by atoms with E-state index in [4.69, 9.17) is 0 Å². The van der Waals surface area contributed by atoms with E-state index in [9.17, 15) is 13.2 Å². The lowest BCUT2D eigenvalue weighted by Gasteiger charge is -2.18. The second kappa shape index (κ2) is 10.4. The van der Waals surface area contributed by atoms with Crippen molar-refractivity contribution in [3.63, 3.8) is 0 Å². The molecule has 0 unspecified atom stereocenters. The molecule has 2 rings (SSSR count). The lowest BCUT2D eigenvalue weighted by Crippen LogP contribution is -2.33. The van der Waals surface area contributed by atoms with Crippen molar-refractivity contribution in [1.82, 2.24) is 19.2 Å². The average Bonchev–Trinajstić information content (AvgIpc) is 3.03. The van der Waals surface area contributed by atoms with E-state index < -0.39 is 10.0 Å². The van der Waals surface area contributed by atoms with E-state index in [1.165, 1.54) is 16.1 Å². The Labute approximate surface area is 178 Å². The molecule has 1 N–H and O–H groups in total. The summed E-state index contributed by atoms with van der Waals surface area (Å²) in [4.78, 5) is 17.1. The number of nitrogens with zero attached hydrogens (tertiary/aromatic N) is 3. The van der Waals surface area contributed by atoms with E-state index in [1.54, 1.807) is 18.2 Å². The van der Waals surface area contributed by atoms with Crippen LogP contribution in [0.3, 0.4) is 0 Å². The number of carbonyl (C=O) groups is 1. The number of rotatable bonds is 11. The van der Waals surface area contributed by atoms with Gasteiger partial charge in [0, 0.05) is 25.7 Å². The van der Waals surface area contributed by atoms with Gasteiger partial charge in [-0.3, -0.25) is 4.79 Å². The van der Waals surface area contributed by atoms with Crippen LogP contribution in [-0.2, 0) is 21.4 Å². The van der Waals surface area contributed by atoms with Crippen LogP contribution in [0, 0.1) is 0 Å². The molecule has 0 radical (unpaired) electrons. The first kappa shape index (κ1) is 23.7. The number of amides is 1. The minimum atomic E-state index is -3.53. The molecule has 0 spiro atoms. The van der Waals surface area contributed by atoms with Crippen LogP contribution in [-0.4, -0.2) is 53.1 Å². The Bertz CT molecular complexity index is 937. The van der Waals surface area contributed by atoms with Gasteiger partial charge in [0.1, 0.15) is 0 Å². The van der Waals surface area contributed by atoms with Gasteiger partial charge in [-0.05, 0) is 38.5 Å². The Morgan fingerprint density at radius 1 is 1.24 bits per heavy atom. The maximum atomic E-state index is 12.8. The monoisotopic (exact) mass is 440 g/mol. The van der Waals surface area contributed by atoms with E-state index in [0.29, 0.717) is 25.2 Å². The van der Waals surface area contributed by atoms with E-state index in [-0.39, 0.29) is 22.6 Å². The molecule has 0 aliphatic carbocycles. The van der Waals surface area contributed by atoms with Crippen LogP contribution in [0.5, 0.6) is 0 Å². The third kappa shape index (κ3) is 5.52. The molecule has 0 fully saturated rings. The number of imidazole rings is 1. The molecular weight excluding hydrogens is 408 g/mol. The first-order chi connectivity index (χ1) is 13.8. The lowest BCUT2D eigenvalue weighted by atomic mass is 10.2. The highest BCUT2D eigenvalue weighted by molar-refractivity contribution is 7.99. The van der Waals surface area contributed by atoms with E-state index in [0.717, 1.165) is 23.5 Å². The Morgan fingerprint density at radius 2 is 1.93 bits per heavy atom. The van der Waals surface area contributed by atoms with Crippen molar-refractivity contribution in [2.75, 3.05) is 18.8 Å². The molecular formula is C20H32N4O3S2. The zero-order chi connectivity index (χ0) is 21.6. The van der Waals surface area contributed by atoms with Gasteiger partial charge < -0.3 is 9.88 Å². The number of hydrogen-bond acceptors (Lipinski definition) is 5. The predicted octanol–water partition coefficient (Wildman–Crippen LogP) is 3.48. The maximum Gasteiger partial charge on any atom is 0.243 e. The Hall–Kier alpha value is -1.58. The minimum Gasteiger partial charge on any atom is -0.353 e. The molecule has 0 aliphatic rings. The third-order valence-corrected chi connectivity index (χ3v) is 7.83. The molecule has 0 bridgehead atoms. The van der Waals surface area contributed by atoms with Crippen LogP contribution in [0.2, 0.25) is 0 Å². The molecule has 7 nitrogen and oxygen atoms in total. The largest absolute Gasteiger partial charge is 0.353 e. The summed E-state index contributed by atoms with van der Waals surface area (Å²) in [7, 11) is -3.53. The number of hydrogen-bond donors (Lipinski definition) is 1. The van der Waals surface area contributed by atoms with Crippen LogP contribution >= 0.6 is 11.8 Å². The van der Waals surface area contributed by atoms with Gasteiger partial charge in [0.05, 0.1) is 21.7 Å². The Balaban J connectivity index is 2.26.